The normalized spacial score (nSPS) is 17.1. The first kappa shape index (κ1) is 14.6. The molecule has 0 spiro atoms. The van der Waals surface area contributed by atoms with Gasteiger partial charge in [-0.05, 0) is 26.2 Å². The average Bonchev–Trinajstić information content (AvgIpc) is 3.05. The van der Waals surface area contributed by atoms with Crippen LogP contribution in [0.4, 0.5) is 10.8 Å². The Hall–Kier alpha value is -2.31. The lowest BCUT2D eigenvalue weighted by atomic mass is 9.97. The third kappa shape index (κ3) is 2.98. The average molecular weight is 303 g/mol. The molecule has 0 aliphatic carbocycles. The molecule has 0 saturated carbocycles. The van der Waals surface area contributed by atoms with E-state index < -0.39 is 0 Å². The van der Waals surface area contributed by atoms with Crippen molar-refractivity contribution in [1.82, 2.24) is 19.4 Å². The van der Waals surface area contributed by atoms with Crippen molar-refractivity contribution in [3.05, 3.63) is 29.7 Å². The zero-order valence-corrected chi connectivity index (χ0v) is 13.2. The van der Waals surface area contributed by atoms with Gasteiger partial charge in [0, 0.05) is 39.0 Å². The van der Waals surface area contributed by atoms with Gasteiger partial charge in [0.05, 0.1) is 5.69 Å². The second-order valence-electron chi connectivity index (χ2n) is 5.87. The number of nitrogens with zero attached hydrogens (tertiary/aromatic N) is 4. The highest BCUT2D eigenvalue weighted by Gasteiger charge is 2.22. The monoisotopic (exact) mass is 303 g/mol. The van der Waals surface area contributed by atoms with E-state index in [9.17, 15) is 4.79 Å². The number of carbonyl (C=O) groups excluding carboxylic acids is 1. The van der Waals surface area contributed by atoms with Gasteiger partial charge in [-0.15, -0.1) is 0 Å². The summed E-state index contributed by atoms with van der Waals surface area (Å²) in [5, 5.41) is 2.70. The number of nitrogens with one attached hydrogen (secondary N) is 1. The van der Waals surface area contributed by atoms with Crippen molar-refractivity contribution in [3.63, 3.8) is 0 Å². The summed E-state index contributed by atoms with van der Waals surface area (Å²) in [6, 6.07) is 0.0567. The van der Waals surface area contributed by atoms with Gasteiger partial charge in [0.15, 0.2) is 0 Å². The first-order chi connectivity index (χ1) is 10.5. The maximum Gasteiger partial charge on any atom is 0.325 e. The topological polar surface area (TPSA) is 76.2 Å². The molecular weight excluding hydrogens is 282 g/mol. The molecule has 0 radical (unpaired) electrons. The first-order valence-corrected chi connectivity index (χ1v) is 7.49. The summed E-state index contributed by atoms with van der Waals surface area (Å²) >= 11 is 0. The molecule has 1 aliphatic rings. The highest BCUT2D eigenvalue weighted by atomic mass is 16.4. The molecule has 0 bridgehead atoms. The number of amides is 2. The van der Waals surface area contributed by atoms with Crippen molar-refractivity contribution in [2.45, 2.75) is 33.2 Å². The minimum absolute atomic E-state index is 0.199. The third-order valence-corrected chi connectivity index (χ3v) is 4.17. The van der Waals surface area contributed by atoms with Crippen molar-refractivity contribution < 1.29 is 9.21 Å². The standard InChI is InChI=1S/C15H21N5O2/c1-10-11(2)22-14(17-10)18-15(21)19(3)9-12-4-6-20-7-5-16-13(20)8-12/h5,7,12H,4,6,8-9H2,1-3H3,(H,17,18,21)/t12-/m1/s1. The smallest absolute Gasteiger partial charge is 0.325 e. The molecule has 2 aromatic heterocycles. The fourth-order valence-electron chi connectivity index (χ4n) is 2.75. The van der Waals surface area contributed by atoms with E-state index in [4.69, 9.17) is 4.42 Å². The number of imidazole rings is 1. The maximum absolute atomic E-state index is 12.2. The minimum atomic E-state index is -0.199. The highest BCUT2D eigenvalue weighted by Crippen LogP contribution is 2.20. The third-order valence-electron chi connectivity index (χ3n) is 4.17. The van der Waals surface area contributed by atoms with Crippen LogP contribution in [0.25, 0.3) is 0 Å². The Kier molecular flexibility index (Phi) is 3.87. The lowest BCUT2D eigenvalue weighted by Crippen LogP contribution is -2.37. The Morgan fingerprint density at radius 3 is 3.09 bits per heavy atom. The molecule has 1 N–H and O–H groups in total. The number of rotatable bonds is 3. The van der Waals surface area contributed by atoms with E-state index in [1.54, 1.807) is 11.9 Å². The fourth-order valence-corrected chi connectivity index (χ4v) is 2.75. The van der Waals surface area contributed by atoms with Crippen LogP contribution >= 0.6 is 0 Å². The number of aryl methyl sites for hydroxylation is 3. The molecule has 7 nitrogen and oxygen atoms in total. The zero-order chi connectivity index (χ0) is 15.7. The van der Waals surface area contributed by atoms with E-state index in [0.717, 1.165) is 36.7 Å². The van der Waals surface area contributed by atoms with Crippen LogP contribution in [-0.2, 0) is 13.0 Å². The van der Waals surface area contributed by atoms with E-state index in [-0.39, 0.29) is 12.0 Å². The Labute approximate surface area is 129 Å². The molecule has 7 heteroatoms. The van der Waals surface area contributed by atoms with Crippen LogP contribution in [0.2, 0.25) is 0 Å². The minimum Gasteiger partial charge on any atom is -0.428 e. The van der Waals surface area contributed by atoms with Crippen LogP contribution < -0.4 is 5.32 Å². The summed E-state index contributed by atoms with van der Waals surface area (Å²) in [5.74, 6) is 2.25. The Morgan fingerprint density at radius 2 is 2.36 bits per heavy atom. The lowest BCUT2D eigenvalue weighted by molar-refractivity contribution is 0.207. The number of carbonyl (C=O) groups is 1. The Bertz CT molecular complexity index is 656. The molecular formula is C15H21N5O2. The molecule has 0 fully saturated rings. The molecule has 2 amide bonds. The fraction of sp³-hybridized carbons (Fsp3) is 0.533. The lowest BCUT2D eigenvalue weighted by Gasteiger charge is -2.27. The zero-order valence-electron chi connectivity index (χ0n) is 13.2. The van der Waals surface area contributed by atoms with Gasteiger partial charge in [-0.2, -0.15) is 4.98 Å². The summed E-state index contributed by atoms with van der Waals surface area (Å²) in [5.41, 5.74) is 0.789. The Morgan fingerprint density at radius 1 is 1.55 bits per heavy atom. The van der Waals surface area contributed by atoms with Crippen molar-refractivity contribution in [1.29, 1.82) is 0 Å². The van der Waals surface area contributed by atoms with Crippen LogP contribution in [-0.4, -0.2) is 39.1 Å². The van der Waals surface area contributed by atoms with Gasteiger partial charge in [-0.3, -0.25) is 5.32 Å². The summed E-state index contributed by atoms with van der Waals surface area (Å²) in [4.78, 5) is 22.4. The molecule has 2 aromatic rings. The summed E-state index contributed by atoms with van der Waals surface area (Å²) in [6.45, 7) is 5.33. The molecule has 3 heterocycles. The molecule has 3 rings (SSSR count). The quantitative estimate of drug-likeness (QED) is 0.943. The van der Waals surface area contributed by atoms with E-state index in [1.165, 1.54) is 0 Å². The van der Waals surface area contributed by atoms with Crippen LogP contribution in [0.5, 0.6) is 0 Å². The van der Waals surface area contributed by atoms with Gasteiger partial charge in [0.1, 0.15) is 11.6 Å². The molecule has 1 aliphatic heterocycles. The second-order valence-corrected chi connectivity index (χ2v) is 5.87. The Balaban J connectivity index is 1.55. The number of hydrogen-bond acceptors (Lipinski definition) is 4. The van der Waals surface area contributed by atoms with Crippen LogP contribution in [0.3, 0.4) is 0 Å². The van der Waals surface area contributed by atoms with Crippen molar-refractivity contribution >= 4 is 12.0 Å². The molecule has 0 saturated heterocycles. The van der Waals surface area contributed by atoms with E-state index in [1.807, 2.05) is 26.2 Å². The number of fused-ring (bicyclic) bond motifs is 1. The SMILES string of the molecule is Cc1nc(NC(=O)N(C)C[C@@H]2CCn3ccnc3C2)oc1C. The number of urea groups is 1. The summed E-state index contributed by atoms with van der Waals surface area (Å²) in [6.07, 6.45) is 5.80. The van der Waals surface area contributed by atoms with Gasteiger partial charge >= 0.3 is 12.0 Å². The van der Waals surface area contributed by atoms with E-state index >= 15 is 0 Å². The predicted molar refractivity (Wildman–Crippen MR) is 81.7 cm³/mol. The highest BCUT2D eigenvalue weighted by molar-refractivity contribution is 5.86. The van der Waals surface area contributed by atoms with E-state index in [0.29, 0.717) is 12.5 Å². The second kappa shape index (κ2) is 5.82. The van der Waals surface area contributed by atoms with Crippen molar-refractivity contribution in [2.24, 2.45) is 5.92 Å². The predicted octanol–water partition coefficient (Wildman–Crippen LogP) is 2.21. The van der Waals surface area contributed by atoms with Gasteiger partial charge in [0.2, 0.25) is 0 Å². The van der Waals surface area contributed by atoms with Gasteiger partial charge < -0.3 is 13.9 Å². The van der Waals surface area contributed by atoms with Crippen LogP contribution in [0, 0.1) is 19.8 Å². The van der Waals surface area contributed by atoms with Gasteiger partial charge in [0.25, 0.3) is 0 Å². The van der Waals surface area contributed by atoms with Gasteiger partial charge in [-0.1, -0.05) is 0 Å². The van der Waals surface area contributed by atoms with Crippen molar-refractivity contribution in [2.75, 3.05) is 18.9 Å². The number of oxazole rings is 1. The van der Waals surface area contributed by atoms with E-state index in [2.05, 4.69) is 19.9 Å². The number of aromatic nitrogens is 3. The molecule has 0 unspecified atom stereocenters. The molecule has 1 atom stereocenters. The number of anilines is 1. The van der Waals surface area contributed by atoms with Crippen LogP contribution in [0.1, 0.15) is 23.7 Å². The largest absolute Gasteiger partial charge is 0.428 e. The summed E-state index contributed by atoms with van der Waals surface area (Å²) < 4.78 is 7.55. The van der Waals surface area contributed by atoms with Crippen molar-refractivity contribution in [3.8, 4) is 0 Å². The summed E-state index contributed by atoms with van der Waals surface area (Å²) in [7, 11) is 1.79. The molecule has 0 aromatic carbocycles. The first-order valence-electron chi connectivity index (χ1n) is 7.49. The molecule has 118 valence electrons. The number of hydrogen-bond donors (Lipinski definition) is 1. The maximum atomic E-state index is 12.2. The van der Waals surface area contributed by atoms with Gasteiger partial charge in [-0.25, -0.2) is 9.78 Å². The molecule has 22 heavy (non-hydrogen) atoms. The van der Waals surface area contributed by atoms with Crippen LogP contribution in [0.15, 0.2) is 16.8 Å².